The van der Waals surface area contributed by atoms with Crippen molar-refractivity contribution in [2.45, 2.75) is 142 Å². The van der Waals surface area contributed by atoms with Crippen molar-refractivity contribution in [3.05, 3.63) is 125 Å². The van der Waals surface area contributed by atoms with E-state index in [9.17, 15) is 34.0 Å². The van der Waals surface area contributed by atoms with Gasteiger partial charge in [-0.1, -0.05) is 105 Å². The number of benzene rings is 3. The summed E-state index contributed by atoms with van der Waals surface area (Å²) in [5.74, 6) is 1.51. The van der Waals surface area contributed by atoms with E-state index in [0.717, 1.165) is 73.6 Å². The van der Waals surface area contributed by atoms with Crippen molar-refractivity contribution in [2.24, 2.45) is 11.8 Å². The van der Waals surface area contributed by atoms with Crippen LogP contribution in [0.2, 0.25) is 0 Å². The molecule has 0 unspecified atom stereocenters. The van der Waals surface area contributed by atoms with Crippen LogP contribution in [0.25, 0.3) is 0 Å². The monoisotopic (exact) mass is 818 g/mol. The number of phenolic OH excluding ortho intramolecular Hbond substituents is 4. The predicted molar refractivity (Wildman–Crippen MR) is 238 cm³/mol. The highest BCUT2D eigenvalue weighted by atomic mass is 32.2. The third-order valence-electron chi connectivity index (χ3n) is 10.6. The van der Waals surface area contributed by atoms with Crippen molar-refractivity contribution in [1.82, 2.24) is 0 Å². The summed E-state index contributed by atoms with van der Waals surface area (Å²) >= 11 is 0. The van der Waals surface area contributed by atoms with Gasteiger partial charge < -0.3 is 25.5 Å². The van der Waals surface area contributed by atoms with E-state index >= 15 is 0 Å². The summed E-state index contributed by atoms with van der Waals surface area (Å²) in [6.07, 6.45) is 18.8. The number of aliphatic hydroxyl groups is 1. The lowest BCUT2D eigenvalue weighted by Gasteiger charge is -2.31. The minimum absolute atomic E-state index is 0.0194. The van der Waals surface area contributed by atoms with Crippen molar-refractivity contribution < 1.29 is 38.5 Å². The van der Waals surface area contributed by atoms with Crippen molar-refractivity contribution in [1.29, 1.82) is 0 Å². The molecule has 5 rings (SSSR count). The molecule has 8 nitrogen and oxygen atoms in total. The maximum absolute atomic E-state index is 10.5. The Morgan fingerprint density at radius 3 is 1.72 bits per heavy atom. The van der Waals surface area contributed by atoms with Crippen LogP contribution in [0.5, 0.6) is 23.0 Å². The summed E-state index contributed by atoms with van der Waals surface area (Å²) in [4.78, 5) is -0.0666. The number of hydrogen-bond donors (Lipinski definition) is 6. The Kier molecular flexibility index (Phi) is 20.6. The molecule has 0 spiro atoms. The minimum Gasteiger partial charge on any atom is -0.508 e. The Morgan fingerprint density at radius 2 is 1.29 bits per heavy atom. The van der Waals surface area contributed by atoms with Crippen molar-refractivity contribution in [3.8, 4) is 23.0 Å². The molecular formula is C49H70O8S. The van der Waals surface area contributed by atoms with E-state index in [1.54, 1.807) is 24.3 Å². The quantitative estimate of drug-likeness (QED) is 0.0599. The molecule has 6 N–H and O–H groups in total. The molecule has 58 heavy (non-hydrogen) atoms. The molecule has 0 saturated heterocycles. The molecule has 0 fully saturated rings. The largest absolute Gasteiger partial charge is 0.508 e. The smallest absolute Gasteiger partial charge is 0.294 e. The Morgan fingerprint density at radius 1 is 0.776 bits per heavy atom. The van der Waals surface area contributed by atoms with E-state index in [4.69, 9.17) is 4.55 Å². The van der Waals surface area contributed by atoms with Crippen LogP contribution < -0.4 is 0 Å². The van der Waals surface area contributed by atoms with Gasteiger partial charge in [0.05, 0.1) is 10.5 Å². The number of rotatable bonds is 12. The molecule has 0 heterocycles. The van der Waals surface area contributed by atoms with Crippen molar-refractivity contribution in [2.75, 3.05) is 0 Å². The second-order valence-corrected chi connectivity index (χ2v) is 17.8. The third-order valence-corrected chi connectivity index (χ3v) is 11.5. The molecule has 4 atom stereocenters. The zero-order chi connectivity index (χ0) is 43.6. The maximum atomic E-state index is 10.5. The van der Waals surface area contributed by atoms with Gasteiger partial charge in [0.1, 0.15) is 23.0 Å². The second kappa shape index (κ2) is 23.9. The molecular weight excluding hydrogens is 749 g/mol. The Balaban J connectivity index is 0.000000284. The van der Waals surface area contributed by atoms with Crippen LogP contribution in [0.3, 0.4) is 0 Å². The molecule has 320 valence electrons. The summed E-state index contributed by atoms with van der Waals surface area (Å²) < 4.78 is 29.6. The Bertz CT molecular complexity index is 1900. The first-order chi connectivity index (χ1) is 27.2. The predicted octanol–water partition coefficient (Wildman–Crippen LogP) is 12.2. The van der Waals surface area contributed by atoms with Gasteiger partial charge in [-0.25, -0.2) is 0 Å². The summed E-state index contributed by atoms with van der Waals surface area (Å²) in [5.41, 5.74) is 6.69. The zero-order valence-electron chi connectivity index (χ0n) is 36.0. The van der Waals surface area contributed by atoms with Crippen LogP contribution in [0, 0.1) is 18.8 Å². The number of hydrogen-bond acceptors (Lipinski definition) is 7. The van der Waals surface area contributed by atoms with Gasteiger partial charge in [-0.3, -0.25) is 4.55 Å². The highest BCUT2D eigenvalue weighted by Crippen LogP contribution is 2.46. The van der Waals surface area contributed by atoms with E-state index in [1.807, 2.05) is 45.9 Å². The Labute approximate surface area is 349 Å². The number of unbranched alkanes of at least 4 members (excludes halogenated alkanes) is 4. The van der Waals surface area contributed by atoms with Crippen molar-refractivity contribution >= 4 is 10.1 Å². The molecule has 2 aliphatic carbocycles. The molecule has 0 amide bonds. The SMILES string of the molecule is C=C(C)[C@@H]1CCC(C)=C[C@H]1c1c(O)cc(CCCCC)cc1O.C=C(C)[C@H]1C=C[C@](C)(O)CC1.CCCCCc1cc(O)cc(O)c1.Cc1ccc(S(=O)(=O)O)cc1. The van der Waals surface area contributed by atoms with E-state index in [-0.39, 0.29) is 39.7 Å². The first kappa shape index (κ1) is 49.8. The summed E-state index contributed by atoms with van der Waals surface area (Å²) in [6.45, 7) is 22.2. The molecule has 9 heteroatoms. The van der Waals surface area contributed by atoms with E-state index < -0.39 is 15.7 Å². The average molecular weight is 819 g/mol. The highest BCUT2D eigenvalue weighted by molar-refractivity contribution is 7.85. The maximum Gasteiger partial charge on any atom is 0.294 e. The van der Waals surface area contributed by atoms with Gasteiger partial charge in [-0.2, -0.15) is 8.42 Å². The summed E-state index contributed by atoms with van der Waals surface area (Å²) in [7, 11) is -4.02. The second-order valence-electron chi connectivity index (χ2n) is 16.3. The fourth-order valence-corrected chi connectivity index (χ4v) is 7.58. The molecule has 3 aromatic rings. The first-order valence-corrected chi connectivity index (χ1v) is 22.1. The standard InChI is InChI=1S/C21H30O2.C11H16O2.C10H16O.C7H8O3S/c1-5-6-7-8-16-12-19(22)21(20(23)13-16)18-11-15(4)9-10-17(18)14(2)3;1-2-3-4-5-9-6-10(12)8-11(13)7-9;1-8(2)9-4-6-10(3,11)7-5-9;1-6-2-4-7(5-3-6)11(8,9)10/h11-13,17-18,22-23H,2,5-10H2,1,3-4H3;6-8,12-13H,2-5H2,1H3;4,6,9,11H,1,5,7H2,2-3H3;2-5H,1H3,(H,8,9,10)/t17-,18+;;9-,10-;/m0.0./s1. The molecule has 0 bridgehead atoms. The first-order valence-electron chi connectivity index (χ1n) is 20.7. The van der Waals surface area contributed by atoms with Gasteiger partial charge in [0.15, 0.2) is 0 Å². The molecule has 0 aromatic heterocycles. The van der Waals surface area contributed by atoms with Crippen LogP contribution >= 0.6 is 0 Å². The van der Waals surface area contributed by atoms with Gasteiger partial charge >= 0.3 is 0 Å². The molecule has 2 aliphatic rings. The fraction of sp³-hybridized carbons (Fsp3) is 0.469. The van der Waals surface area contributed by atoms with Crippen LogP contribution in [-0.4, -0.2) is 44.1 Å². The normalized spacial score (nSPS) is 19.9. The topological polar surface area (TPSA) is 156 Å². The summed E-state index contributed by atoms with van der Waals surface area (Å²) in [6, 6.07) is 14.4. The highest BCUT2D eigenvalue weighted by Gasteiger charge is 2.30. The van der Waals surface area contributed by atoms with E-state index in [2.05, 4.69) is 46.1 Å². The summed E-state index contributed by atoms with van der Waals surface area (Å²) in [5, 5.41) is 49.0. The lowest BCUT2D eigenvalue weighted by Crippen LogP contribution is -2.25. The van der Waals surface area contributed by atoms with Crippen LogP contribution in [0.1, 0.15) is 134 Å². The van der Waals surface area contributed by atoms with E-state index in [1.165, 1.54) is 55.0 Å². The van der Waals surface area contributed by atoms with E-state index in [0.29, 0.717) is 11.5 Å². The number of allylic oxidation sites excluding steroid dienone is 5. The van der Waals surface area contributed by atoms with Crippen molar-refractivity contribution in [3.63, 3.8) is 0 Å². The van der Waals surface area contributed by atoms with Gasteiger partial charge in [0.25, 0.3) is 10.1 Å². The molecule has 0 saturated carbocycles. The van der Waals surface area contributed by atoms with Gasteiger partial charge in [0.2, 0.25) is 0 Å². The molecule has 0 aliphatic heterocycles. The zero-order valence-corrected chi connectivity index (χ0v) is 36.8. The fourth-order valence-electron chi connectivity index (χ4n) is 7.10. The van der Waals surface area contributed by atoms with Crippen LogP contribution in [0.4, 0.5) is 0 Å². The van der Waals surface area contributed by atoms with Crippen LogP contribution in [-0.2, 0) is 23.0 Å². The number of aryl methyl sites for hydroxylation is 3. The number of aromatic hydroxyl groups is 4. The average Bonchev–Trinajstić information content (AvgIpc) is 3.12. The van der Waals surface area contributed by atoms with Gasteiger partial charge in [-0.15, -0.1) is 0 Å². The third kappa shape index (κ3) is 17.7. The lowest BCUT2D eigenvalue weighted by molar-refractivity contribution is 0.0903. The minimum atomic E-state index is -4.02. The lowest BCUT2D eigenvalue weighted by atomic mass is 9.73. The van der Waals surface area contributed by atoms with Gasteiger partial charge in [0, 0.05) is 17.5 Å². The van der Waals surface area contributed by atoms with Gasteiger partial charge in [-0.05, 0) is 145 Å². The van der Waals surface area contributed by atoms with Crippen LogP contribution in [0.15, 0.2) is 108 Å². The Hall–Kier alpha value is -4.31. The molecule has 3 aromatic carbocycles. The number of phenols is 4. The molecule has 0 radical (unpaired) electrons.